The van der Waals surface area contributed by atoms with Crippen molar-refractivity contribution in [2.24, 2.45) is 11.1 Å². The molecule has 5 heteroatoms. The van der Waals surface area contributed by atoms with Crippen molar-refractivity contribution in [3.05, 3.63) is 52.2 Å². The molecule has 0 amide bonds. The summed E-state index contributed by atoms with van der Waals surface area (Å²) in [5.41, 5.74) is 2.13. The molecule has 1 aromatic carbocycles. The van der Waals surface area contributed by atoms with Crippen LogP contribution in [0, 0.1) is 5.92 Å². The Morgan fingerprint density at radius 3 is 2.68 bits per heavy atom. The number of carbonyl (C=O) groups excluding carboxylic acids is 1. The van der Waals surface area contributed by atoms with E-state index in [1.54, 1.807) is 13.2 Å². The van der Waals surface area contributed by atoms with Crippen LogP contribution in [0.3, 0.4) is 0 Å². The van der Waals surface area contributed by atoms with Crippen LogP contribution in [0.4, 0.5) is 0 Å². The van der Waals surface area contributed by atoms with E-state index in [0.29, 0.717) is 16.7 Å². The maximum atomic E-state index is 11.7. The Labute approximate surface area is 133 Å². The van der Waals surface area contributed by atoms with E-state index in [2.05, 4.69) is 17.3 Å². The largest absolute Gasteiger partial charge is 0.497 e. The Bertz CT molecular complexity index is 676. The third kappa shape index (κ3) is 3.20. The second kappa shape index (κ2) is 6.32. The highest BCUT2D eigenvalue weighted by atomic mass is 32.1. The molecular weight excluding hydrogens is 298 g/mol. The molecule has 0 radical (unpaired) electrons. The molecule has 0 N–H and O–H groups in total. The number of carbonyl (C=O) groups is 1. The van der Waals surface area contributed by atoms with Crippen molar-refractivity contribution in [1.29, 1.82) is 0 Å². The van der Waals surface area contributed by atoms with Crippen LogP contribution in [-0.2, 0) is 4.84 Å². The van der Waals surface area contributed by atoms with Crippen LogP contribution in [0.1, 0.15) is 34.5 Å². The molecule has 1 aliphatic rings. The number of ether oxygens (including phenoxy) is 1. The van der Waals surface area contributed by atoms with E-state index in [4.69, 9.17) is 9.57 Å². The monoisotopic (exact) mass is 315 g/mol. The van der Waals surface area contributed by atoms with Gasteiger partial charge in [-0.2, -0.15) is 0 Å². The topological polar surface area (TPSA) is 47.9 Å². The van der Waals surface area contributed by atoms with Crippen molar-refractivity contribution in [2.75, 3.05) is 7.11 Å². The van der Waals surface area contributed by atoms with Crippen LogP contribution in [0.2, 0.25) is 0 Å². The fourth-order valence-corrected chi connectivity index (χ4v) is 3.09. The highest BCUT2D eigenvalue weighted by Crippen LogP contribution is 2.48. The number of thiophene rings is 1. The summed E-state index contributed by atoms with van der Waals surface area (Å²) in [7, 11) is 1.66. The first-order valence-electron chi connectivity index (χ1n) is 7.12. The van der Waals surface area contributed by atoms with Gasteiger partial charge in [0.1, 0.15) is 10.6 Å². The molecule has 1 aromatic heterocycles. The van der Waals surface area contributed by atoms with Crippen molar-refractivity contribution < 1.29 is 14.4 Å². The Balaban J connectivity index is 1.58. The number of benzene rings is 1. The van der Waals surface area contributed by atoms with Gasteiger partial charge >= 0.3 is 5.97 Å². The molecule has 114 valence electrons. The van der Waals surface area contributed by atoms with Crippen molar-refractivity contribution in [1.82, 2.24) is 0 Å². The number of oxime groups is 1. The minimum Gasteiger partial charge on any atom is -0.497 e. The van der Waals surface area contributed by atoms with E-state index < -0.39 is 5.97 Å². The van der Waals surface area contributed by atoms with Crippen molar-refractivity contribution >= 4 is 23.0 Å². The second-order valence-electron chi connectivity index (χ2n) is 5.31. The van der Waals surface area contributed by atoms with E-state index in [1.165, 1.54) is 16.9 Å². The maximum Gasteiger partial charge on any atom is 0.375 e. The van der Waals surface area contributed by atoms with Gasteiger partial charge in [0.25, 0.3) is 0 Å². The molecule has 4 nitrogen and oxygen atoms in total. The Hall–Kier alpha value is -2.14. The number of hydrogen-bond donors (Lipinski definition) is 0. The van der Waals surface area contributed by atoms with Gasteiger partial charge in [-0.25, -0.2) is 4.79 Å². The van der Waals surface area contributed by atoms with Gasteiger partial charge in [0.05, 0.1) is 12.8 Å². The lowest BCUT2D eigenvalue weighted by molar-refractivity contribution is 0.0520. The first-order valence-corrected chi connectivity index (χ1v) is 8.00. The van der Waals surface area contributed by atoms with E-state index in [1.807, 2.05) is 30.5 Å². The van der Waals surface area contributed by atoms with Gasteiger partial charge in [-0.05, 0) is 48.4 Å². The fourth-order valence-electron chi connectivity index (χ4n) is 2.50. The third-order valence-electron chi connectivity index (χ3n) is 3.87. The molecule has 2 atom stereocenters. The maximum absolute atomic E-state index is 11.7. The summed E-state index contributed by atoms with van der Waals surface area (Å²) in [6.45, 7) is 1.91. The van der Waals surface area contributed by atoms with E-state index in [9.17, 15) is 4.79 Å². The van der Waals surface area contributed by atoms with Gasteiger partial charge in [0, 0.05) is 5.92 Å². The summed E-state index contributed by atoms with van der Waals surface area (Å²) in [5, 5.41) is 5.84. The predicted molar refractivity (Wildman–Crippen MR) is 86.7 cm³/mol. The SMILES string of the molecule is COc1ccc([C@@H]2C[C@H]2C(C)=NOC(=O)c2cccs2)cc1. The van der Waals surface area contributed by atoms with Crippen LogP contribution >= 0.6 is 11.3 Å². The zero-order chi connectivity index (χ0) is 15.5. The lowest BCUT2D eigenvalue weighted by Crippen LogP contribution is -2.03. The average Bonchev–Trinajstić information content (AvgIpc) is 3.17. The van der Waals surface area contributed by atoms with Crippen molar-refractivity contribution in [2.45, 2.75) is 19.3 Å². The summed E-state index contributed by atoms with van der Waals surface area (Å²) >= 11 is 1.35. The predicted octanol–water partition coefficient (Wildman–Crippen LogP) is 4.09. The first kappa shape index (κ1) is 14.8. The van der Waals surface area contributed by atoms with Crippen LogP contribution in [0.15, 0.2) is 46.9 Å². The van der Waals surface area contributed by atoms with Crippen LogP contribution in [0.25, 0.3) is 0 Å². The molecule has 3 rings (SSSR count). The quantitative estimate of drug-likeness (QED) is 0.474. The van der Waals surface area contributed by atoms with E-state index >= 15 is 0 Å². The van der Waals surface area contributed by atoms with Gasteiger partial charge < -0.3 is 9.57 Å². The second-order valence-corrected chi connectivity index (χ2v) is 6.26. The molecule has 1 aliphatic carbocycles. The zero-order valence-electron chi connectivity index (χ0n) is 12.5. The van der Waals surface area contributed by atoms with Gasteiger partial charge in [0.2, 0.25) is 0 Å². The highest BCUT2D eigenvalue weighted by Gasteiger charge is 2.40. The molecule has 0 spiro atoms. The van der Waals surface area contributed by atoms with Crippen LogP contribution < -0.4 is 4.74 Å². The molecule has 0 saturated heterocycles. The summed E-state index contributed by atoms with van der Waals surface area (Å²) in [5.74, 6) is 1.27. The summed E-state index contributed by atoms with van der Waals surface area (Å²) in [6.07, 6.45) is 1.04. The normalized spacial score (nSPS) is 20.5. The number of rotatable bonds is 5. The Morgan fingerprint density at radius 2 is 2.05 bits per heavy atom. The lowest BCUT2D eigenvalue weighted by Gasteiger charge is -2.03. The molecular formula is C17H17NO3S. The van der Waals surface area contributed by atoms with Crippen molar-refractivity contribution in [3.8, 4) is 5.75 Å². The Morgan fingerprint density at radius 1 is 1.27 bits per heavy atom. The zero-order valence-corrected chi connectivity index (χ0v) is 13.3. The number of nitrogens with zero attached hydrogens (tertiary/aromatic N) is 1. The minimum atomic E-state index is -0.393. The Kier molecular flexibility index (Phi) is 4.24. The van der Waals surface area contributed by atoms with Gasteiger partial charge in [0.15, 0.2) is 0 Å². The molecule has 1 saturated carbocycles. The third-order valence-corrected chi connectivity index (χ3v) is 4.72. The van der Waals surface area contributed by atoms with Crippen LogP contribution in [0.5, 0.6) is 5.75 Å². The number of methoxy groups -OCH3 is 1. The minimum absolute atomic E-state index is 0.351. The smallest absolute Gasteiger partial charge is 0.375 e. The average molecular weight is 315 g/mol. The van der Waals surface area contributed by atoms with Gasteiger partial charge in [-0.15, -0.1) is 11.3 Å². The highest BCUT2D eigenvalue weighted by molar-refractivity contribution is 7.11. The van der Waals surface area contributed by atoms with E-state index in [0.717, 1.165) is 17.9 Å². The van der Waals surface area contributed by atoms with Gasteiger partial charge in [-0.1, -0.05) is 23.4 Å². The molecule has 0 aliphatic heterocycles. The molecule has 0 bridgehead atoms. The van der Waals surface area contributed by atoms with Crippen molar-refractivity contribution in [3.63, 3.8) is 0 Å². The molecule has 1 heterocycles. The standard InChI is InChI=1S/C17H17NO3S/c1-11(18-21-17(19)16-4-3-9-22-16)14-10-15(14)12-5-7-13(20-2)8-6-12/h3-9,14-15H,10H2,1-2H3/t14-,15-/m0/s1. The first-order chi connectivity index (χ1) is 10.7. The molecule has 0 unspecified atom stereocenters. The van der Waals surface area contributed by atoms with E-state index in [-0.39, 0.29) is 0 Å². The summed E-state index contributed by atoms with van der Waals surface area (Å²) in [4.78, 5) is 17.3. The molecule has 1 fully saturated rings. The lowest BCUT2D eigenvalue weighted by atomic mass is 10.1. The molecule has 22 heavy (non-hydrogen) atoms. The number of hydrogen-bond acceptors (Lipinski definition) is 5. The fraction of sp³-hybridized carbons (Fsp3) is 0.294. The molecule has 2 aromatic rings. The summed E-state index contributed by atoms with van der Waals surface area (Å²) in [6, 6.07) is 11.6. The summed E-state index contributed by atoms with van der Waals surface area (Å²) < 4.78 is 5.16. The van der Waals surface area contributed by atoms with Gasteiger partial charge in [-0.3, -0.25) is 0 Å². The van der Waals surface area contributed by atoms with Crippen LogP contribution in [-0.4, -0.2) is 18.8 Å².